The van der Waals surface area contributed by atoms with E-state index in [1.807, 2.05) is 18.2 Å². The maximum Gasteiger partial charge on any atom is 0.287 e. The zero-order valence-corrected chi connectivity index (χ0v) is 11.3. The maximum absolute atomic E-state index is 10.5. The first-order valence-electron chi connectivity index (χ1n) is 6.56. The van der Waals surface area contributed by atoms with E-state index in [4.69, 9.17) is 0 Å². The molecule has 0 aliphatic heterocycles. The smallest absolute Gasteiger partial charge is 0.287 e. The first-order chi connectivity index (χ1) is 9.66. The second-order valence-corrected chi connectivity index (χ2v) is 4.69. The predicted octanol–water partition coefficient (Wildman–Crippen LogP) is 3.60. The van der Waals surface area contributed by atoms with Crippen molar-refractivity contribution >= 4 is 11.5 Å². The molecule has 2 aromatic rings. The van der Waals surface area contributed by atoms with Crippen LogP contribution in [0.4, 0.5) is 11.5 Å². The van der Waals surface area contributed by atoms with Gasteiger partial charge in [-0.3, -0.25) is 10.1 Å². The Morgan fingerprint density at radius 2 is 2.00 bits per heavy atom. The molecule has 1 atom stereocenters. The Morgan fingerprint density at radius 1 is 1.25 bits per heavy atom. The summed E-state index contributed by atoms with van der Waals surface area (Å²) in [6.07, 6.45) is 2.24. The Labute approximate surface area is 117 Å². The standard InChI is InChI=1S/C15H17N3O2/c1-12(13-5-3-2-4-6-13)9-10-16-15-8-7-14(11-17-15)18(19)20/h2-8,11-12H,9-10H2,1H3,(H,16,17). The minimum absolute atomic E-state index is 0.00760. The summed E-state index contributed by atoms with van der Waals surface area (Å²) in [6, 6.07) is 13.4. The number of hydrogen-bond acceptors (Lipinski definition) is 4. The van der Waals surface area contributed by atoms with Crippen LogP contribution in [0, 0.1) is 10.1 Å². The van der Waals surface area contributed by atoms with Crippen LogP contribution in [-0.2, 0) is 0 Å². The van der Waals surface area contributed by atoms with E-state index in [0.717, 1.165) is 13.0 Å². The number of benzene rings is 1. The average molecular weight is 271 g/mol. The fourth-order valence-corrected chi connectivity index (χ4v) is 1.96. The van der Waals surface area contributed by atoms with Crippen LogP contribution in [0.2, 0.25) is 0 Å². The van der Waals surface area contributed by atoms with Gasteiger partial charge in [0.05, 0.1) is 4.92 Å². The van der Waals surface area contributed by atoms with Crippen LogP contribution in [0.5, 0.6) is 0 Å². The molecular weight excluding hydrogens is 254 g/mol. The zero-order chi connectivity index (χ0) is 14.4. The number of rotatable bonds is 6. The van der Waals surface area contributed by atoms with Gasteiger partial charge in [0, 0.05) is 12.6 Å². The molecule has 0 saturated carbocycles. The minimum Gasteiger partial charge on any atom is -0.370 e. The number of hydrogen-bond donors (Lipinski definition) is 1. The van der Waals surface area contributed by atoms with Crippen LogP contribution in [0.15, 0.2) is 48.7 Å². The lowest BCUT2D eigenvalue weighted by atomic mass is 9.98. The number of anilines is 1. The number of pyridine rings is 1. The Morgan fingerprint density at radius 3 is 2.60 bits per heavy atom. The second kappa shape index (κ2) is 6.65. The lowest BCUT2D eigenvalue weighted by Crippen LogP contribution is -2.07. The predicted molar refractivity (Wildman–Crippen MR) is 78.9 cm³/mol. The van der Waals surface area contributed by atoms with Gasteiger partial charge in [-0.2, -0.15) is 0 Å². The van der Waals surface area contributed by atoms with E-state index in [0.29, 0.717) is 11.7 Å². The third-order valence-electron chi connectivity index (χ3n) is 3.21. The lowest BCUT2D eigenvalue weighted by Gasteiger charge is -2.12. The number of nitrogens with zero attached hydrogens (tertiary/aromatic N) is 2. The van der Waals surface area contributed by atoms with Crippen molar-refractivity contribution in [1.82, 2.24) is 4.98 Å². The van der Waals surface area contributed by atoms with Crippen molar-refractivity contribution in [2.24, 2.45) is 0 Å². The van der Waals surface area contributed by atoms with Crippen LogP contribution in [0.1, 0.15) is 24.8 Å². The van der Waals surface area contributed by atoms with Gasteiger partial charge in [0.25, 0.3) is 5.69 Å². The molecule has 20 heavy (non-hydrogen) atoms. The summed E-state index contributed by atoms with van der Waals surface area (Å²) in [5.41, 5.74) is 1.32. The molecule has 5 nitrogen and oxygen atoms in total. The summed E-state index contributed by atoms with van der Waals surface area (Å²) in [4.78, 5) is 14.1. The minimum atomic E-state index is -0.450. The van der Waals surface area contributed by atoms with Gasteiger partial charge in [0.1, 0.15) is 12.0 Å². The van der Waals surface area contributed by atoms with Crippen molar-refractivity contribution in [1.29, 1.82) is 0 Å². The van der Waals surface area contributed by atoms with Crippen molar-refractivity contribution in [3.63, 3.8) is 0 Å². The first-order valence-corrected chi connectivity index (χ1v) is 6.56. The maximum atomic E-state index is 10.5. The van der Waals surface area contributed by atoms with Crippen LogP contribution in [0.25, 0.3) is 0 Å². The largest absolute Gasteiger partial charge is 0.370 e. The Kier molecular flexibility index (Phi) is 4.65. The topological polar surface area (TPSA) is 68.1 Å². The monoisotopic (exact) mass is 271 g/mol. The third kappa shape index (κ3) is 3.78. The molecule has 0 bridgehead atoms. The van der Waals surface area contributed by atoms with Crippen LogP contribution >= 0.6 is 0 Å². The van der Waals surface area contributed by atoms with Gasteiger partial charge in [-0.15, -0.1) is 0 Å². The summed E-state index contributed by atoms with van der Waals surface area (Å²) in [5, 5.41) is 13.7. The van der Waals surface area contributed by atoms with Gasteiger partial charge < -0.3 is 5.32 Å². The molecule has 0 spiro atoms. The Bertz CT molecular complexity index is 555. The molecule has 0 aliphatic rings. The fourth-order valence-electron chi connectivity index (χ4n) is 1.96. The van der Waals surface area contributed by atoms with Gasteiger partial charge in [-0.25, -0.2) is 4.98 Å². The van der Waals surface area contributed by atoms with Crippen molar-refractivity contribution in [2.45, 2.75) is 19.3 Å². The van der Waals surface area contributed by atoms with E-state index in [9.17, 15) is 10.1 Å². The van der Waals surface area contributed by atoms with Crippen molar-refractivity contribution in [3.05, 3.63) is 64.3 Å². The van der Waals surface area contributed by atoms with Gasteiger partial charge in [-0.1, -0.05) is 37.3 Å². The van der Waals surface area contributed by atoms with Gasteiger partial charge in [-0.05, 0) is 24.0 Å². The molecule has 0 fully saturated rings. The molecule has 1 heterocycles. The van der Waals surface area contributed by atoms with E-state index in [1.165, 1.54) is 17.8 Å². The van der Waals surface area contributed by atoms with Crippen LogP contribution < -0.4 is 5.32 Å². The van der Waals surface area contributed by atoms with E-state index in [2.05, 4.69) is 29.4 Å². The molecular formula is C15H17N3O2. The number of nitrogens with one attached hydrogen (secondary N) is 1. The number of nitro groups is 1. The molecule has 104 valence electrons. The molecule has 2 rings (SSSR count). The van der Waals surface area contributed by atoms with Crippen molar-refractivity contribution in [2.75, 3.05) is 11.9 Å². The molecule has 0 amide bonds. The highest BCUT2D eigenvalue weighted by atomic mass is 16.6. The van der Waals surface area contributed by atoms with Crippen molar-refractivity contribution in [3.8, 4) is 0 Å². The molecule has 1 unspecified atom stereocenters. The summed E-state index contributed by atoms with van der Waals surface area (Å²) in [7, 11) is 0. The fraction of sp³-hybridized carbons (Fsp3) is 0.267. The molecule has 0 aliphatic carbocycles. The highest BCUT2D eigenvalue weighted by Gasteiger charge is 2.06. The summed E-state index contributed by atoms with van der Waals surface area (Å²) >= 11 is 0. The first kappa shape index (κ1) is 14.0. The van der Waals surface area contributed by atoms with Crippen LogP contribution in [0.3, 0.4) is 0 Å². The molecule has 1 N–H and O–H groups in total. The molecule has 5 heteroatoms. The summed E-state index contributed by atoms with van der Waals surface area (Å²) in [5.74, 6) is 1.12. The van der Waals surface area contributed by atoms with E-state index < -0.39 is 4.92 Å². The summed E-state index contributed by atoms with van der Waals surface area (Å²) in [6.45, 7) is 2.96. The third-order valence-corrected chi connectivity index (χ3v) is 3.21. The van der Waals surface area contributed by atoms with Gasteiger partial charge >= 0.3 is 0 Å². The Balaban J connectivity index is 1.82. The molecule has 1 aromatic carbocycles. The quantitative estimate of drug-likeness (QED) is 0.644. The average Bonchev–Trinajstić information content (AvgIpc) is 2.48. The normalized spacial score (nSPS) is 11.8. The van der Waals surface area contributed by atoms with Crippen LogP contribution in [-0.4, -0.2) is 16.5 Å². The zero-order valence-electron chi connectivity index (χ0n) is 11.3. The number of aromatic nitrogens is 1. The highest BCUT2D eigenvalue weighted by molar-refractivity contribution is 5.40. The van der Waals surface area contributed by atoms with E-state index in [1.54, 1.807) is 6.07 Å². The molecule has 1 aromatic heterocycles. The SMILES string of the molecule is CC(CCNc1ccc([N+](=O)[O-])cn1)c1ccccc1. The molecule has 0 saturated heterocycles. The second-order valence-electron chi connectivity index (χ2n) is 4.69. The molecule has 0 radical (unpaired) electrons. The Hall–Kier alpha value is -2.43. The summed E-state index contributed by atoms with van der Waals surface area (Å²) < 4.78 is 0. The highest BCUT2D eigenvalue weighted by Crippen LogP contribution is 2.18. The van der Waals surface area contributed by atoms with Crippen molar-refractivity contribution < 1.29 is 4.92 Å². The van der Waals surface area contributed by atoms with Gasteiger partial charge in [0.2, 0.25) is 0 Å². The van der Waals surface area contributed by atoms with E-state index in [-0.39, 0.29) is 5.69 Å². The van der Waals surface area contributed by atoms with Gasteiger partial charge in [0.15, 0.2) is 0 Å². The lowest BCUT2D eigenvalue weighted by molar-refractivity contribution is -0.385. The van der Waals surface area contributed by atoms with E-state index >= 15 is 0 Å².